The van der Waals surface area contributed by atoms with E-state index < -0.39 is 13.9 Å². The summed E-state index contributed by atoms with van der Waals surface area (Å²) < 4.78 is 0. The van der Waals surface area contributed by atoms with E-state index in [9.17, 15) is 10.2 Å². The van der Waals surface area contributed by atoms with E-state index in [2.05, 4.69) is 133 Å². The fraction of sp³-hybridized carbons (Fsp3) is 0. The van der Waals surface area contributed by atoms with Gasteiger partial charge in [-0.1, -0.05) is 0 Å². The maximum absolute atomic E-state index is 11.6. The monoisotopic (exact) mass is 554 g/mol. The predicted molar refractivity (Wildman–Crippen MR) is 173 cm³/mol. The van der Waals surface area contributed by atoms with Gasteiger partial charge in [0.2, 0.25) is 0 Å². The maximum atomic E-state index is 11.6. The molecule has 1 heterocycles. The Hall–Kier alpha value is -4.22. The van der Waals surface area contributed by atoms with Crippen molar-refractivity contribution >= 4 is 45.7 Å². The zero-order chi connectivity index (χ0) is 27.2. The molecule has 0 aromatic heterocycles. The van der Waals surface area contributed by atoms with Crippen LogP contribution in [-0.4, -0.2) is 10.2 Å². The molecule has 0 amide bonds. The van der Waals surface area contributed by atoms with Crippen LogP contribution in [0.3, 0.4) is 0 Å². The fourth-order valence-corrected chi connectivity index (χ4v) is 23.1. The van der Waals surface area contributed by atoms with Crippen molar-refractivity contribution in [3.05, 3.63) is 158 Å². The molecule has 0 spiro atoms. The number of phenolic OH excluding ortho intramolecular Hbond substituents is 2. The van der Waals surface area contributed by atoms with Crippen molar-refractivity contribution in [2.45, 2.75) is 0 Å². The van der Waals surface area contributed by atoms with E-state index in [-0.39, 0.29) is 11.5 Å². The van der Waals surface area contributed by atoms with Gasteiger partial charge in [-0.15, -0.1) is 0 Å². The van der Waals surface area contributed by atoms with Crippen LogP contribution >= 0.6 is 13.9 Å². The summed E-state index contributed by atoms with van der Waals surface area (Å²) in [5.74, 6) is 0.379. The zero-order valence-electron chi connectivity index (χ0n) is 21.8. The first kappa shape index (κ1) is 24.8. The molecule has 0 saturated carbocycles. The molecule has 2 N–H and O–H groups in total. The van der Waals surface area contributed by atoms with Gasteiger partial charge in [0.15, 0.2) is 0 Å². The van der Waals surface area contributed by atoms with Crippen LogP contribution in [-0.2, 0) is 0 Å². The number of phenols is 2. The van der Waals surface area contributed by atoms with Gasteiger partial charge in [-0.25, -0.2) is 0 Å². The Bertz CT molecular complexity index is 1690. The summed E-state index contributed by atoms with van der Waals surface area (Å²) in [5.41, 5.74) is 1.47. The Balaban J connectivity index is 1.86. The second-order valence-electron chi connectivity index (χ2n) is 10.1. The molecule has 0 aliphatic carbocycles. The van der Waals surface area contributed by atoms with Gasteiger partial charge in [-0.3, -0.25) is 0 Å². The molecule has 0 saturated heterocycles. The van der Waals surface area contributed by atoms with Crippen molar-refractivity contribution < 1.29 is 10.2 Å². The van der Waals surface area contributed by atoms with Crippen LogP contribution in [0.2, 0.25) is 0 Å². The number of hydrogen-bond acceptors (Lipinski definition) is 2. The van der Waals surface area contributed by atoms with E-state index in [0.29, 0.717) is 0 Å². The van der Waals surface area contributed by atoms with Crippen molar-refractivity contribution in [2.24, 2.45) is 0 Å². The zero-order valence-corrected chi connectivity index (χ0v) is 23.6. The summed E-state index contributed by atoms with van der Waals surface area (Å²) >= 11 is 0. The Morgan fingerprint density at radius 1 is 0.375 bits per heavy atom. The molecule has 0 atom stereocenters. The number of hydrogen-bond donors (Lipinski definition) is 2. The fourth-order valence-electron chi connectivity index (χ4n) is 6.76. The Morgan fingerprint density at radius 2 is 0.725 bits per heavy atom. The van der Waals surface area contributed by atoms with E-state index in [1.807, 2.05) is 12.1 Å². The third-order valence-electron chi connectivity index (χ3n) is 8.15. The molecule has 0 bridgehead atoms. The summed E-state index contributed by atoms with van der Waals surface area (Å²) in [6.07, 6.45) is -3.76. The van der Waals surface area contributed by atoms with E-state index >= 15 is 0 Å². The second-order valence-corrected chi connectivity index (χ2v) is 19.5. The molecule has 1 aliphatic rings. The summed E-state index contributed by atoms with van der Waals surface area (Å²) in [6, 6.07) is 55.2. The number of fused-ring (bicyclic) bond motifs is 3. The van der Waals surface area contributed by atoms with Crippen LogP contribution in [0, 0.1) is 0 Å². The molecule has 7 rings (SSSR count). The standard InChI is InChI=1S/C36H28O2P2/c37-31-23-13-25-33-35(31)36-32(38)24-14-26-34(36)40(33,29-19-9-3-10-20-29,30-21-11-4-12-22-30)39(27-15-5-1-6-16-27)28-17-7-2-8-18-28/h1-26,37-38H. The molecule has 0 radical (unpaired) electrons. The van der Waals surface area contributed by atoms with E-state index in [1.54, 1.807) is 12.1 Å². The van der Waals surface area contributed by atoms with E-state index in [1.165, 1.54) is 21.2 Å². The summed E-state index contributed by atoms with van der Waals surface area (Å²) in [4.78, 5) is 0. The first-order valence-electron chi connectivity index (χ1n) is 13.4. The van der Waals surface area contributed by atoms with Gasteiger partial charge in [-0.2, -0.15) is 0 Å². The normalized spacial score (nSPS) is 15.5. The van der Waals surface area contributed by atoms with Crippen LogP contribution in [0.1, 0.15) is 0 Å². The first-order valence-corrected chi connectivity index (χ1v) is 17.7. The van der Waals surface area contributed by atoms with Gasteiger partial charge in [0.25, 0.3) is 0 Å². The number of rotatable bonds is 5. The molecule has 2 nitrogen and oxygen atoms in total. The molecular weight excluding hydrogens is 526 g/mol. The van der Waals surface area contributed by atoms with Gasteiger partial charge < -0.3 is 0 Å². The average molecular weight is 555 g/mol. The summed E-state index contributed by atoms with van der Waals surface area (Å²) in [7, 11) is -1.16. The molecule has 194 valence electrons. The molecule has 0 unspecified atom stereocenters. The quantitative estimate of drug-likeness (QED) is 0.246. The third kappa shape index (κ3) is 3.12. The van der Waals surface area contributed by atoms with Gasteiger partial charge in [0.05, 0.1) is 0 Å². The molecule has 6 aromatic carbocycles. The molecule has 6 aromatic rings. The van der Waals surface area contributed by atoms with Crippen molar-refractivity contribution in [3.8, 4) is 22.6 Å². The molecular formula is C36H28O2P2. The van der Waals surface area contributed by atoms with Crippen molar-refractivity contribution in [1.29, 1.82) is 0 Å². The van der Waals surface area contributed by atoms with Crippen LogP contribution < -0.4 is 31.8 Å². The average Bonchev–Trinajstić information content (AvgIpc) is 3.30. The van der Waals surface area contributed by atoms with Crippen molar-refractivity contribution in [3.63, 3.8) is 0 Å². The molecule has 0 fully saturated rings. The predicted octanol–water partition coefficient (Wildman–Crippen LogP) is 6.28. The van der Waals surface area contributed by atoms with Gasteiger partial charge in [-0.05, 0) is 0 Å². The summed E-state index contributed by atoms with van der Waals surface area (Å²) in [5, 5.41) is 30.3. The molecule has 40 heavy (non-hydrogen) atoms. The van der Waals surface area contributed by atoms with E-state index in [4.69, 9.17) is 0 Å². The topological polar surface area (TPSA) is 40.5 Å². The van der Waals surface area contributed by atoms with Gasteiger partial charge in [0.1, 0.15) is 0 Å². The molecule has 4 heteroatoms. The van der Waals surface area contributed by atoms with Crippen molar-refractivity contribution in [2.75, 3.05) is 0 Å². The Morgan fingerprint density at radius 3 is 1.10 bits per heavy atom. The second kappa shape index (κ2) is 9.46. The van der Waals surface area contributed by atoms with Crippen LogP contribution in [0.25, 0.3) is 11.1 Å². The first-order chi connectivity index (χ1) is 19.7. The minimum absolute atomic E-state index is 0.190. The van der Waals surface area contributed by atoms with Crippen molar-refractivity contribution in [1.82, 2.24) is 0 Å². The third-order valence-corrected chi connectivity index (χ3v) is 22.2. The number of aromatic hydroxyl groups is 2. The van der Waals surface area contributed by atoms with Crippen LogP contribution in [0.4, 0.5) is 0 Å². The van der Waals surface area contributed by atoms with Crippen LogP contribution in [0.5, 0.6) is 11.5 Å². The summed E-state index contributed by atoms with van der Waals surface area (Å²) in [6.45, 7) is 0. The SMILES string of the molecule is Oc1cccc2c1-c1c(O)cccc1P2(c1ccccc1)(c1ccccc1)P(c1ccccc1)c1ccccc1. The number of benzene rings is 6. The van der Waals surface area contributed by atoms with Crippen LogP contribution in [0.15, 0.2) is 158 Å². The van der Waals surface area contributed by atoms with E-state index in [0.717, 1.165) is 21.7 Å². The Kier molecular flexibility index (Phi) is 5.86. The molecule has 1 aliphatic heterocycles. The Labute approximate surface area is 235 Å². The van der Waals surface area contributed by atoms with Gasteiger partial charge in [0, 0.05) is 0 Å². The minimum atomic E-state index is -3.76. The van der Waals surface area contributed by atoms with Gasteiger partial charge >= 0.3 is 236 Å².